The first kappa shape index (κ1) is 17.3. The molecule has 5 nitrogen and oxygen atoms in total. The molecular weight excluding hydrogens is 365 g/mol. The summed E-state index contributed by atoms with van der Waals surface area (Å²) in [5.74, 6) is -0.307. The maximum atomic E-state index is 14.5. The zero-order valence-corrected chi connectivity index (χ0v) is 15.2. The number of aromatic nitrogens is 4. The highest BCUT2D eigenvalue weighted by Crippen LogP contribution is 2.33. The highest BCUT2D eigenvalue weighted by atomic mass is 35.5. The zero-order valence-electron chi connectivity index (χ0n) is 14.4. The molecule has 7 heteroatoms. The molecule has 27 heavy (non-hydrogen) atoms. The Morgan fingerprint density at radius 3 is 2.67 bits per heavy atom. The third-order valence-electron chi connectivity index (χ3n) is 4.30. The van der Waals surface area contributed by atoms with E-state index in [9.17, 15) is 4.39 Å². The highest BCUT2D eigenvalue weighted by Gasteiger charge is 2.16. The van der Waals surface area contributed by atoms with Crippen molar-refractivity contribution in [2.24, 2.45) is 0 Å². The summed E-state index contributed by atoms with van der Waals surface area (Å²) < 4.78 is 14.5. The number of nitrogens with one attached hydrogen (secondary N) is 1. The molecule has 0 unspecified atom stereocenters. The van der Waals surface area contributed by atoms with E-state index in [0.717, 1.165) is 11.1 Å². The number of hydrogen-bond donors (Lipinski definition) is 1. The molecular formula is C20H15ClFN5. The van der Waals surface area contributed by atoms with Crippen LogP contribution in [0.1, 0.15) is 18.5 Å². The molecule has 1 atom stereocenters. The monoisotopic (exact) mass is 379 g/mol. The van der Waals surface area contributed by atoms with Crippen molar-refractivity contribution >= 4 is 28.3 Å². The SMILES string of the molecule is C[C@@H](Nc1c(Cl)cnc2cccnc12)c1cc(-c2cncnc2)ccc1F. The Morgan fingerprint density at radius 1 is 1.04 bits per heavy atom. The lowest BCUT2D eigenvalue weighted by Gasteiger charge is -2.19. The second kappa shape index (κ2) is 7.25. The molecule has 0 aliphatic heterocycles. The number of rotatable bonds is 4. The Hall–Kier alpha value is -3.12. The van der Waals surface area contributed by atoms with Crippen molar-refractivity contribution in [3.63, 3.8) is 0 Å². The summed E-state index contributed by atoms with van der Waals surface area (Å²) in [5, 5.41) is 3.71. The third kappa shape index (κ3) is 3.44. The molecule has 1 N–H and O–H groups in total. The molecule has 0 fully saturated rings. The van der Waals surface area contributed by atoms with Crippen LogP contribution in [-0.2, 0) is 0 Å². The normalized spacial score (nSPS) is 12.1. The fraction of sp³-hybridized carbons (Fsp3) is 0.100. The first-order chi connectivity index (χ1) is 13.1. The number of anilines is 1. The fourth-order valence-corrected chi connectivity index (χ4v) is 3.13. The molecule has 0 amide bonds. The van der Waals surface area contributed by atoms with Crippen LogP contribution in [0.5, 0.6) is 0 Å². The maximum absolute atomic E-state index is 14.5. The Labute approximate surface area is 160 Å². The molecule has 134 valence electrons. The minimum Gasteiger partial charge on any atom is -0.375 e. The summed E-state index contributed by atoms with van der Waals surface area (Å²) in [6, 6.07) is 8.25. The minimum atomic E-state index is -0.348. The van der Waals surface area contributed by atoms with Crippen molar-refractivity contribution in [1.82, 2.24) is 19.9 Å². The van der Waals surface area contributed by atoms with Crippen LogP contribution in [0.3, 0.4) is 0 Å². The summed E-state index contributed by atoms with van der Waals surface area (Å²) >= 11 is 6.33. The second-order valence-corrected chi connectivity index (χ2v) is 6.49. The van der Waals surface area contributed by atoms with Gasteiger partial charge in [0.2, 0.25) is 0 Å². The van der Waals surface area contributed by atoms with Gasteiger partial charge < -0.3 is 5.32 Å². The molecule has 3 aromatic heterocycles. The average Bonchev–Trinajstić information content (AvgIpc) is 2.71. The number of halogens is 2. The van der Waals surface area contributed by atoms with Gasteiger partial charge in [0, 0.05) is 35.9 Å². The number of nitrogens with zero attached hydrogens (tertiary/aromatic N) is 4. The van der Waals surface area contributed by atoms with Crippen molar-refractivity contribution in [1.29, 1.82) is 0 Å². The Morgan fingerprint density at radius 2 is 1.85 bits per heavy atom. The third-order valence-corrected chi connectivity index (χ3v) is 4.58. The largest absolute Gasteiger partial charge is 0.375 e. The van der Waals surface area contributed by atoms with Crippen LogP contribution >= 0.6 is 11.6 Å². The van der Waals surface area contributed by atoms with Crippen molar-refractivity contribution in [3.05, 3.63) is 77.8 Å². The first-order valence-electron chi connectivity index (χ1n) is 8.34. The standard InChI is InChI=1S/C20H15ClFN5/c1-12(27-19-16(21)10-26-18-3-2-6-25-20(18)19)15-7-13(4-5-17(15)22)14-8-23-11-24-9-14/h2-12H,1H3,(H,26,27)/t12-/m1/s1. The summed E-state index contributed by atoms with van der Waals surface area (Å²) in [6.07, 6.45) is 8.09. The zero-order chi connectivity index (χ0) is 18.8. The maximum Gasteiger partial charge on any atom is 0.128 e. The molecule has 0 aliphatic carbocycles. The Balaban J connectivity index is 1.72. The van der Waals surface area contributed by atoms with Crippen molar-refractivity contribution in [2.45, 2.75) is 13.0 Å². The van der Waals surface area contributed by atoms with E-state index in [4.69, 9.17) is 11.6 Å². The summed E-state index contributed by atoms with van der Waals surface area (Å²) in [7, 11) is 0. The van der Waals surface area contributed by atoms with E-state index in [2.05, 4.69) is 25.3 Å². The van der Waals surface area contributed by atoms with Crippen LogP contribution in [0.25, 0.3) is 22.2 Å². The van der Waals surface area contributed by atoms with Gasteiger partial charge in [-0.3, -0.25) is 9.97 Å². The second-order valence-electron chi connectivity index (χ2n) is 6.08. The predicted octanol–water partition coefficient (Wildman–Crippen LogP) is 5.05. The molecule has 4 rings (SSSR count). The lowest BCUT2D eigenvalue weighted by Crippen LogP contribution is -2.10. The van der Waals surface area contributed by atoms with Gasteiger partial charge in [0.15, 0.2) is 0 Å². The van der Waals surface area contributed by atoms with Crippen molar-refractivity contribution < 1.29 is 4.39 Å². The molecule has 1 aromatic carbocycles. The van der Waals surface area contributed by atoms with Gasteiger partial charge in [-0.15, -0.1) is 0 Å². The van der Waals surface area contributed by atoms with Crippen LogP contribution < -0.4 is 5.32 Å². The van der Waals surface area contributed by atoms with Gasteiger partial charge in [-0.05, 0) is 36.8 Å². The quantitative estimate of drug-likeness (QED) is 0.537. The molecule has 0 aliphatic rings. The fourth-order valence-electron chi connectivity index (χ4n) is 2.93. The van der Waals surface area contributed by atoms with E-state index in [-0.39, 0.29) is 11.9 Å². The number of benzene rings is 1. The van der Waals surface area contributed by atoms with E-state index in [1.165, 1.54) is 12.4 Å². The molecule has 0 radical (unpaired) electrons. The molecule has 0 saturated heterocycles. The van der Waals surface area contributed by atoms with Gasteiger partial charge in [-0.2, -0.15) is 0 Å². The molecule has 0 bridgehead atoms. The Kier molecular flexibility index (Phi) is 4.64. The van der Waals surface area contributed by atoms with Crippen LogP contribution in [0.4, 0.5) is 10.1 Å². The van der Waals surface area contributed by atoms with Crippen LogP contribution in [-0.4, -0.2) is 19.9 Å². The Bertz CT molecular complexity index is 1100. The van der Waals surface area contributed by atoms with E-state index >= 15 is 0 Å². The van der Waals surface area contributed by atoms with Gasteiger partial charge in [0.25, 0.3) is 0 Å². The van der Waals surface area contributed by atoms with Crippen LogP contribution in [0, 0.1) is 5.82 Å². The highest BCUT2D eigenvalue weighted by molar-refractivity contribution is 6.34. The molecule has 4 aromatic rings. The van der Waals surface area contributed by atoms with E-state index < -0.39 is 0 Å². The lowest BCUT2D eigenvalue weighted by molar-refractivity contribution is 0.600. The van der Waals surface area contributed by atoms with Gasteiger partial charge in [-0.1, -0.05) is 17.7 Å². The number of fused-ring (bicyclic) bond motifs is 1. The topological polar surface area (TPSA) is 63.6 Å². The van der Waals surface area contributed by atoms with Gasteiger partial charge in [-0.25, -0.2) is 14.4 Å². The summed E-state index contributed by atoms with van der Waals surface area (Å²) in [6.45, 7) is 1.87. The van der Waals surface area contributed by atoms with E-state index in [1.54, 1.807) is 36.9 Å². The van der Waals surface area contributed by atoms with Gasteiger partial charge in [0.1, 0.15) is 17.7 Å². The van der Waals surface area contributed by atoms with E-state index in [1.807, 2.05) is 19.1 Å². The number of pyridine rings is 2. The smallest absolute Gasteiger partial charge is 0.128 e. The van der Waals surface area contributed by atoms with Crippen LogP contribution in [0.15, 0.2) is 61.4 Å². The van der Waals surface area contributed by atoms with Crippen LogP contribution in [0.2, 0.25) is 5.02 Å². The average molecular weight is 380 g/mol. The van der Waals surface area contributed by atoms with Crippen molar-refractivity contribution in [3.8, 4) is 11.1 Å². The molecule has 3 heterocycles. The molecule has 0 saturated carbocycles. The van der Waals surface area contributed by atoms with Gasteiger partial charge >= 0.3 is 0 Å². The van der Waals surface area contributed by atoms with Crippen molar-refractivity contribution in [2.75, 3.05) is 5.32 Å². The summed E-state index contributed by atoms with van der Waals surface area (Å²) in [4.78, 5) is 16.7. The van der Waals surface area contributed by atoms with Gasteiger partial charge in [0.05, 0.1) is 22.3 Å². The first-order valence-corrected chi connectivity index (χ1v) is 8.72. The lowest BCUT2D eigenvalue weighted by atomic mass is 10.0. The number of hydrogen-bond acceptors (Lipinski definition) is 5. The minimum absolute atomic E-state index is 0.307. The predicted molar refractivity (Wildman–Crippen MR) is 104 cm³/mol. The van der Waals surface area contributed by atoms with E-state index in [0.29, 0.717) is 27.3 Å². The summed E-state index contributed by atoms with van der Waals surface area (Å²) in [5.41, 5.74) is 4.15. The molecule has 0 spiro atoms.